The summed E-state index contributed by atoms with van der Waals surface area (Å²) in [5.74, 6) is -1.20. The molecule has 0 atom stereocenters. The molecule has 0 radical (unpaired) electrons. The number of hydrogen-bond acceptors (Lipinski definition) is 5. The predicted molar refractivity (Wildman–Crippen MR) is 74.8 cm³/mol. The van der Waals surface area contributed by atoms with Crippen molar-refractivity contribution in [3.63, 3.8) is 0 Å². The predicted octanol–water partition coefficient (Wildman–Crippen LogP) is 2.30. The summed E-state index contributed by atoms with van der Waals surface area (Å²) in [5, 5.41) is 0.587. The summed E-state index contributed by atoms with van der Waals surface area (Å²) in [6, 6.07) is 0. The van der Waals surface area contributed by atoms with Gasteiger partial charge in [0.1, 0.15) is 5.78 Å². The highest BCUT2D eigenvalue weighted by atomic mass is 16.7. The SMILES string of the molecule is CC(=O)CCCCCCCCC(=O)ON1C(=O)CCC1=O. The van der Waals surface area contributed by atoms with Crippen LogP contribution in [0.25, 0.3) is 0 Å². The first-order chi connectivity index (χ1) is 10.0. The Kier molecular flexibility index (Phi) is 7.64. The molecule has 0 aromatic rings. The van der Waals surface area contributed by atoms with Gasteiger partial charge >= 0.3 is 5.97 Å². The van der Waals surface area contributed by atoms with Crippen LogP contribution in [0.2, 0.25) is 0 Å². The minimum atomic E-state index is -0.532. The number of nitrogens with zero attached hydrogens (tertiary/aromatic N) is 1. The lowest BCUT2D eigenvalue weighted by Gasteiger charge is -2.12. The van der Waals surface area contributed by atoms with E-state index in [0.717, 1.165) is 32.1 Å². The lowest BCUT2D eigenvalue weighted by Crippen LogP contribution is -2.31. The normalized spacial score (nSPS) is 14.6. The van der Waals surface area contributed by atoms with Gasteiger partial charge in [-0.05, 0) is 19.8 Å². The number of carbonyl (C=O) groups excluding carboxylic acids is 4. The van der Waals surface area contributed by atoms with E-state index in [9.17, 15) is 19.2 Å². The van der Waals surface area contributed by atoms with Crippen molar-refractivity contribution < 1.29 is 24.0 Å². The lowest BCUT2D eigenvalue weighted by atomic mass is 10.1. The summed E-state index contributed by atoms with van der Waals surface area (Å²) in [6.45, 7) is 1.60. The second kappa shape index (κ2) is 9.26. The maximum atomic E-state index is 11.5. The molecule has 6 heteroatoms. The highest BCUT2D eigenvalue weighted by molar-refractivity contribution is 6.01. The molecule has 0 spiro atoms. The number of imide groups is 1. The van der Waals surface area contributed by atoms with Crippen molar-refractivity contribution in [2.45, 2.75) is 71.1 Å². The third kappa shape index (κ3) is 7.02. The highest BCUT2D eigenvalue weighted by Crippen LogP contribution is 2.14. The summed E-state index contributed by atoms with van der Waals surface area (Å²) in [6.07, 6.45) is 6.68. The minimum Gasteiger partial charge on any atom is -0.330 e. The molecule has 0 aromatic carbocycles. The number of rotatable bonds is 10. The number of hydrogen-bond donors (Lipinski definition) is 0. The highest BCUT2D eigenvalue weighted by Gasteiger charge is 2.32. The van der Waals surface area contributed by atoms with Crippen LogP contribution in [0.4, 0.5) is 0 Å². The van der Waals surface area contributed by atoms with Gasteiger partial charge in [-0.2, -0.15) is 0 Å². The fourth-order valence-electron chi connectivity index (χ4n) is 2.16. The van der Waals surface area contributed by atoms with E-state index in [0.29, 0.717) is 17.9 Å². The van der Waals surface area contributed by atoms with Crippen LogP contribution >= 0.6 is 0 Å². The lowest BCUT2D eigenvalue weighted by molar-refractivity contribution is -0.197. The summed E-state index contributed by atoms with van der Waals surface area (Å²) in [7, 11) is 0. The van der Waals surface area contributed by atoms with Gasteiger partial charge in [0.2, 0.25) is 0 Å². The van der Waals surface area contributed by atoms with Crippen molar-refractivity contribution in [1.82, 2.24) is 5.06 Å². The molecule has 1 fully saturated rings. The molecule has 0 bridgehead atoms. The van der Waals surface area contributed by atoms with Crippen LogP contribution in [-0.2, 0) is 24.0 Å². The van der Waals surface area contributed by atoms with Crippen LogP contribution in [-0.4, -0.2) is 28.6 Å². The molecule has 0 aromatic heterocycles. The Morgan fingerprint density at radius 1 is 0.905 bits per heavy atom. The first-order valence-electron chi connectivity index (χ1n) is 7.56. The van der Waals surface area contributed by atoms with E-state index in [1.165, 1.54) is 0 Å². The standard InChI is InChI=1S/C15H23NO5/c1-12(17)8-6-4-2-3-5-7-9-15(20)21-16-13(18)10-11-14(16)19/h2-11H2,1H3. The topological polar surface area (TPSA) is 80.8 Å². The van der Waals surface area contributed by atoms with E-state index in [-0.39, 0.29) is 25.0 Å². The van der Waals surface area contributed by atoms with Gasteiger partial charge in [0.25, 0.3) is 11.8 Å². The Morgan fingerprint density at radius 2 is 1.38 bits per heavy atom. The van der Waals surface area contributed by atoms with Gasteiger partial charge < -0.3 is 9.63 Å². The van der Waals surface area contributed by atoms with Crippen molar-refractivity contribution in [2.24, 2.45) is 0 Å². The molecular weight excluding hydrogens is 274 g/mol. The van der Waals surface area contributed by atoms with Gasteiger partial charge in [-0.25, -0.2) is 4.79 Å². The van der Waals surface area contributed by atoms with Crippen LogP contribution in [0, 0.1) is 0 Å². The third-order valence-corrected chi connectivity index (χ3v) is 3.36. The molecular formula is C15H23NO5. The van der Waals surface area contributed by atoms with Crippen molar-refractivity contribution in [2.75, 3.05) is 0 Å². The van der Waals surface area contributed by atoms with Gasteiger partial charge in [-0.1, -0.05) is 25.7 Å². The van der Waals surface area contributed by atoms with Crippen molar-refractivity contribution in [3.05, 3.63) is 0 Å². The fourth-order valence-corrected chi connectivity index (χ4v) is 2.16. The molecule has 0 unspecified atom stereocenters. The van der Waals surface area contributed by atoms with Crippen molar-refractivity contribution in [1.29, 1.82) is 0 Å². The van der Waals surface area contributed by atoms with Gasteiger partial charge in [-0.3, -0.25) is 9.59 Å². The molecule has 0 saturated carbocycles. The zero-order chi connectivity index (χ0) is 15.7. The quantitative estimate of drug-likeness (QED) is 0.456. The minimum absolute atomic E-state index is 0.117. The van der Waals surface area contributed by atoms with Crippen molar-refractivity contribution in [3.8, 4) is 0 Å². The van der Waals surface area contributed by atoms with Crippen LogP contribution in [0.5, 0.6) is 0 Å². The average Bonchev–Trinajstić information content (AvgIpc) is 2.73. The second-order valence-electron chi connectivity index (χ2n) is 5.37. The Hall–Kier alpha value is -1.72. The maximum Gasteiger partial charge on any atom is 0.333 e. The molecule has 1 saturated heterocycles. The Balaban J connectivity index is 2.00. The fraction of sp³-hybridized carbons (Fsp3) is 0.733. The molecule has 21 heavy (non-hydrogen) atoms. The maximum absolute atomic E-state index is 11.5. The summed E-state index contributed by atoms with van der Waals surface area (Å²) < 4.78 is 0. The van der Waals surface area contributed by atoms with Crippen LogP contribution < -0.4 is 0 Å². The molecule has 1 heterocycles. The largest absolute Gasteiger partial charge is 0.333 e. The second-order valence-corrected chi connectivity index (χ2v) is 5.37. The molecule has 118 valence electrons. The zero-order valence-electron chi connectivity index (χ0n) is 12.6. The van der Waals surface area contributed by atoms with E-state index in [2.05, 4.69) is 0 Å². The van der Waals surface area contributed by atoms with E-state index >= 15 is 0 Å². The molecule has 6 nitrogen and oxygen atoms in total. The number of ketones is 1. The molecule has 0 N–H and O–H groups in total. The first kappa shape index (κ1) is 17.3. The van der Waals surface area contributed by atoms with Crippen LogP contribution in [0.1, 0.15) is 71.1 Å². The molecule has 0 aliphatic carbocycles. The van der Waals surface area contributed by atoms with E-state index < -0.39 is 17.8 Å². The molecule has 2 amide bonds. The number of unbranched alkanes of at least 4 members (excludes halogenated alkanes) is 5. The molecule has 1 rings (SSSR count). The van der Waals surface area contributed by atoms with E-state index in [1.54, 1.807) is 6.92 Å². The molecule has 1 aliphatic heterocycles. The number of hydroxylamine groups is 2. The summed E-state index contributed by atoms with van der Waals surface area (Å²) in [5.41, 5.74) is 0. The Morgan fingerprint density at radius 3 is 1.90 bits per heavy atom. The number of Topliss-reactive ketones (excluding diaryl/α,β-unsaturated/α-hetero) is 1. The third-order valence-electron chi connectivity index (χ3n) is 3.36. The zero-order valence-corrected chi connectivity index (χ0v) is 12.6. The van der Waals surface area contributed by atoms with Crippen LogP contribution in [0.3, 0.4) is 0 Å². The van der Waals surface area contributed by atoms with Gasteiger partial charge in [0, 0.05) is 25.7 Å². The first-order valence-corrected chi connectivity index (χ1v) is 7.56. The summed E-state index contributed by atoms with van der Waals surface area (Å²) >= 11 is 0. The van der Waals surface area contributed by atoms with E-state index in [1.807, 2.05) is 0 Å². The van der Waals surface area contributed by atoms with Gasteiger partial charge in [0.15, 0.2) is 0 Å². The number of amides is 2. The Bertz CT molecular complexity index is 389. The monoisotopic (exact) mass is 297 g/mol. The number of carbonyl (C=O) groups is 4. The average molecular weight is 297 g/mol. The van der Waals surface area contributed by atoms with Crippen molar-refractivity contribution >= 4 is 23.6 Å². The van der Waals surface area contributed by atoms with Gasteiger partial charge in [-0.15, -0.1) is 5.06 Å². The Labute approximate surface area is 124 Å². The molecule has 1 aliphatic rings. The smallest absolute Gasteiger partial charge is 0.330 e. The van der Waals surface area contributed by atoms with E-state index in [4.69, 9.17) is 4.84 Å². The van der Waals surface area contributed by atoms with Crippen LogP contribution in [0.15, 0.2) is 0 Å². The van der Waals surface area contributed by atoms with Gasteiger partial charge in [0.05, 0.1) is 0 Å². The summed E-state index contributed by atoms with van der Waals surface area (Å²) in [4.78, 5) is 49.5.